The maximum absolute atomic E-state index is 13.4. The molecule has 35 heavy (non-hydrogen) atoms. The van der Waals surface area contributed by atoms with Crippen LogP contribution in [-0.2, 0) is 6.54 Å². The van der Waals surface area contributed by atoms with E-state index in [0.29, 0.717) is 16.3 Å². The summed E-state index contributed by atoms with van der Waals surface area (Å²) in [7, 11) is 0. The van der Waals surface area contributed by atoms with Gasteiger partial charge in [-0.3, -0.25) is 14.2 Å². The molecule has 0 spiro atoms. The van der Waals surface area contributed by atoms with Gasteiger partial charge in [0.15, 0.2) is 0 Å². The van der Waals surface area contributed by atoms with Crippen LogP contribution in [0.15, 0.2) is 82.4 Å². The van der Waals surface area contributed by atoms with E-state index < -0.39 is 17.2 Å². The van der Waals surface area contributed by atoms with E-state index in [2.05, 4.69) is 10.4 Å². The Morgan fingerprint density at radius 2 is 1.66 bits per heavy atom. The van der Waals surface area contributed by atoms with Gasteiger partial charge in [-0.15, -0.1) is 0 Å². The van der Waals surface area contributed by atoms with E-state index in [1.807, 2.05) is 57.2 Å². The van der Waals surface area contributed by atoms with Gasteiger partial charge in [0.05, 0.1) is 18.3 Å². The number of nitrogens with zero attached hydrogens (tertiary/aromatic N) is 3. The molecule has 1 aromatic heterocycles. The number of nitrogens with one attached hydrogen (secondary N) is 1. The van der Waals surface area contributed by atoms with Gasteiger partial charge in [-0.05, 0) is 61.2 Å². The van der Waals surface area contributed by atoms with Gasteiger partial charge < -0.3 is 5.32 Å². The van der Waals surface area contributed by atoms with Gasteiger partial charge in [-0.1, -0.05) is 66.2 Å². The molecule has 1 amide bonds. The van der Waals surface area contributed by atoms with Crippen molar-refractivity contribution in [2.24, 2.45) is 0 Å². The Hall–Kier alpha value is -3.97. The molecule has 178 valence electrons. The first kappa shape index (κ1) is 24.2. The summed E-state index contributed by atoms with van der Waals surface area (Å²) in [6.45, 7) is 5.59. The zero-order chi connectivity index (χ0) is 25.1. The molecule has 0 aliphatic carbocycles. The molecular formula is C27H25ClN4O3. The van der Waals surface area contributed by atoms with Crippen molar-refractivity contribution in [1.82, 2.24) is 19.7 Å². The molecule has 3 aromatic carbocycles. The largest absolute Gasteiger partial charge is 0.352 e. The minimum Gasteiger partial charge on any atom is -0.344 e. The molecule has 0 unspecified atom stereocenters. The SMILES string of the molecule is Cc1ccc(-n2nc(C(=O)N[C@@H](C)c3ccccc3)c(=O)n(Cc3ccccc3Cl)c2=O)cc1C. The molecule has 0 saturated carbocycles. The van der Waals surface area contributed by atoms with Crippen molar-refractivity contribution in [2.45, 2.75) is 33.4 Å². The average Bonchev–Trinajstić information content (AvgIpc) is 2.85. The van der Waals surface area contributed by atoms with Crippen molar-refractivity contribution in [1.29, 1.82) is 0 Å². The van der Waals surface area contributed by atoms with Crippen LogP contribution >= 0.6 is 11.6 Å². The monoisotopic (exact) mass is 488 g/mol. The lowest BCUT2D eigenvalue weighted by molar-refractivity contribution is 0.0930. The van der Waals surface area contributed by atoms with Gasteiger partial charge in [0.2, 0.25) is 5.69 Å². The summed E-state index contributed by atoms with van der Waals surface area (Å²) in [6, 6.07) is 21.3. The summed E-state index contributed by atoms with van der Waals surface area (Å²) in [5.74, 6) is -0.670. The maximum atomic E-state index is 13.4. The Labute approximate surface area is 207 Å². The fourth-order valence-corrected chi connectivity index (χ4v) is 3.90. The van der Waals surface area contributed by atoms with Crippen molar-refractivity contribution in [2.75, 3.05) is 0 Å². The van der Waals surface area contributed by atoms with Gasteiger partial charge in [-0.2, -0.15) is 9.78 Å². The van der Waals surface area contributed by atoms with Crippen molar-refractivity contribution in [3.63, 3.8) is 0 Å². The quantitative estimate of drug-likeness (QED) is 0.440. The predicted octanol–water partition coefficient (Wildman–Crippen LogP) is 4.20. The minimum atomic E-state index is -0.784. The first-order valence-electron chi connectivity index (χ1n) is 11.2. The molecule has 1 N–H and O–H groups in total. The molecule has 1 atom stereocenters. The molecule has 1 heterocycles. The zero-order valence-corrected chi connectivity index (χ0v) is 20.4. The normalized spacial score (nSPS) is 11.8. The van der Waals surface area contributed by atoms with Gasteiger partial charge in [0.25, 0.3) is 11.5 Å². The number of aryl methyl sites for hydroxylation is 2. The van der Waals surface area contributed by atoms with Gasteiger partial charge in [-0.25, -0.2) is 4.79 Å². The summed E-state index contributed by atoms with van der Waals surface area (Å²) < 4.78 is 2.08. The number of carbonyl (C=O) groups is 1. The fraction of sp³-hybridized carbons (Fsp3) is 0.185. The molecule has 4 rings (SSSR count). The predicted molar refractivity (Wildman–Crippen MR) is 136 cm³/mol. The van der Waals surface area contributed by atoms with Gasteiger partial charge >= 0.3 is 5.69 Å². The van der Waals surface area contributed by atoms with E-state index in [4.69, 9.17) is 11.6 Å². The molecule has 0 radical (unpaired) electrons. The Kier molecular flexibility index (Phi) is 6.98. The van der Waals surface area contributed by atoms with Crippen LogP contribution in [0.5, 0.6) is 0 Å². The Balaban J connectivity index is 1.84. The Bertz CT molecular complexity index is 1510. The summed E-state index contributed by atoms with van der Waals surface area (Å²) in [4.78, 5) is 40.0. The highest BCUT2D eigenvalue weighted by Gasteiger charge is 2.22. The van der Waals surface area contributed by atoms with E-state index in [-0.39, 0.29) is 18.3 Å². The Morgan fingerprint density at radius 3 is 2.34 bits per heavy atom. The van der Waals surface area contributed by atoms with E-state index in [0.717, 1.165) is 25.9 Å². The molecule has 8 heteroatoms. The van der Waals surface area contributed by atoms with Crippen molar-refractivity contribution in [3.05, 3.63) is 127 Å². The lowest BCUT2D eigenvalue weighted by Gasteiger charge is -2.16. The molecular weight excluding hydrogens is 464 g/mol. The van der Waals surface area contributed by atoms with Crippen LogP contribution in [0.3, 0.4) is 0 Å². The third-order valence-corrected chi connectivity index (χ3v) is 6.31. The second-order valence-corrected chi connectivity index (χ2v) is 8.81. The van der Waals surface area contributed by atoms with Crippen molar-refractivity contribution < 1.29 is 4.79 Å². The lowest BCUT2D eigenvalue weighted by Crippen LogP contribution is -2.46. The van der Waals surface area contributed by atoms with Crippen LogP contribution in [0.1, 0.15) is 45.7 Å². The van der Waals surface area contributed by atoms with Crippen LogP contribution in [0, 0.1) is 13.8 Å². The highest BCUT2D eigenvalue weighted by Crippen LogP contribution is 2.16. The molecule has 0 aliphatic rings. The Morgan fingerprint density at radius 1 is 0.971 bits per heavy atom. The lowest BCUT2D eigenvalue weighted by atomic mass is 10.1. The number of aromatic nitrogens is 3. The van der Waals surface area contributed by atoms with Gasteiger partial charge in [0, 0.05) is 5.02 Å². The summed E-state index contributed by atoms with van der Waals surface area (Å²) >= 11 is 6.29. The number of benzene rings is 3. The standard InChI is InChI=1S/C27H25ClN4O3/c1-17-13-14-22(15-18(17)2)32-27(35)31(16-21-11-7-8-12-23(21)28)26(34)24(30-32)25(33)29-19(3)20-9-5-4-6-10-20/h4-15,19H,16H2,1-3H3,(H,29,33)/t19-/m0/s1. The number of hydrogen-bond donors (Lipinski definition) is 1. The number of amides is 1. The van der Waals surface area contributed by atoms with E-state index in [1.54, 1.807) is 36.4 Å². The number of rotatable bonds is 6. The number of carbonyl (C=O) groups excluding carboxylic acids is 1. The third-order valence-electron chi connectivity index (χ3n) is 5.94. The van der Waals surface area contributed by atoms with E-state index in [1.165, 1.54) is 0 Å². The molecule has 0 aliphatic heterocycles. The van der Waals surface area contributed by atoms with Crippen LogP contribution in [0.4, 0.5) is 0 Å². The van der Waals surface area contributed by atoms with E-state index >= 15 is 0 Å². The van der Waals surface area contributed by atoms with Crippen LogP contribution in [0.2, 0.25) is 5.02 Å². The zero-order valence-electron chi connectivity index (χ0n) is 19.7. The molecule has 7 nitrogen and oxygen atoms in total. The van der Waals surface area contributed by atoms with Crippen LogP contribution < -0.4 is 16.6 Å². The number of hydrogen-bond acceptors (Lipinski definition) is 4. The molecule has 0 saturated heterocycles. The summed E-state index contributed by atoms with van der Waals surface area (Å²) in [6.07, 6.45) is 0. The molecule has 0 bridgehead atoms. The highest BCUT2D eigenvalue weighted by molar-refractivity contribution is 6.31. The van der Waals surface area contributed by atoms with Gasteiger partial charge in [0.1, 0.15) is 0 Å². The first-order valence-corrected chi connectivity index (χ1v) is 11.5. The maximum Gasteiger partial charge on any atom is 0.352 e. The summed E-state index contributed by atoms with van der Waals surface area (Å²) in [5.41, 5.74) is 2.08. The topological polar surface area (TPSA) is 86.0 Å². The van der Waals surface area contributed by atoms with Crippen LogP contribution in [-0.4, -0.2) is 20.3 Å². The minimum absolute atomic E-state index is 0.0980. The number of halogens is 1. The highest BCUT2D eigenvalue weighted by atomic mass is 35.5. The van der Waals surface area contributed by atoms with Crippen molar-refractivity contribution in [3.8, 4) is 5.69 Å². The fourth-order valence-electron chi connectivity index (χ4n) is 3.71. The third kappa shape index (κ3) is 5.10. The average molecular weight is 489 g/mol. The second kappa shape index (κ2) is 10.1. The molecule has 4 aromatic rings. The smallest absolute Gasteiger partial charge is 0.344 e. The second-order valence-electron chi connectivity index (χ2n) is 8.40. The van der Waals surface area contributed by atoms with Crippen LogP contribution in [0.25, 0.3) is 5.69 Å². The van der Waals surface area contributed by atoms with Crippen molar-refractivity contribution >= 4 is 17.5 Å². The van der Waals surface area contributed by atoms with E-state index in [9.17, 15) is 14.4 Å². The molecule has 0 fully saturated rings. The summed E-state index contributed by atoms with van der Waals surface area (Å²) in [5, 5.41) is 7.44. The first-order chi connectivity index (χ1) is 16.8.